The van der Waals surface area contributed by atoms with Crippen LogP contribution in [0.3, 0.4) is 0 Å². The van der Waals surface area contributed by atoms with Gasteiger partial charge in [-0.25, -0.2) is 4.39 Å². The quantitative estimate of drug-likeness (QED) is 0.728. The van der Waals surface area contributed by atoms with Crippen LogP contribution >= 0.6 is 0 Å². The molecule has 14 heavy (non-hydrogen) atoms. The van der Waals surface area contributed by atoms with E-state index in [4.69, 9.17) is 0 Å². The number of carbonyl (C=O) groups is 1. The summed E-state index contributed by atoms with van der Waals surface area (Å²) in [7, 11) is 0. The summed E-state index contributed by atoms with van der Waals surface area (Å²) >= 11 is 0. The lowest BCUT2D eigenvalue weighted by atomic mass is 9.96. The van der Waals surface area contributed by atoms with Crippen molar-refractivity contribution < 1.29 is 9.18 Å². The van der Waals surface area contributed by atoms with Crippen molar-refractivity contribution in [2.75, 3.05) is 0 Å². The van der Waals surface area contributed by atoms with Gasteiger partial charge in [-0.05, 0) is 17.5 Å². The normalized spacial score (nSPS) is 19.7. The molecule has 1 aromatic rings. The number of rotatable bonds is 1. The molecule has 0 bridgehead atoms. The van der Waals surface area contributed by atoms with Gasteiger partial charge in [0.25, 0.3) is 5.91 Å². The highest BCUT2D eigenvalue weighted by Gasteiger charge is 2.32. The molecule has 1 aliphatic rings. The van der Waals surface area contributed by atoms with Crippen LogP contribution in [0.2, 0.25) is 0 Å². The molecular formula is C11H12FNO. The summed E-state index contributed by atoms with van der Waals surface area (Å²) in [6, 6.07) is 4.72. The summed E-state index contributed by atoms with van der Waals surface area (Å²) in [5.74, 6) is -0.443. The largest absolute Gasteiger partial charge is 0.345 e. The number of hydrogen-bond acceptors (Lipinski definition) is 1. The van der Waals surface area contributed by atoms with Gasteiger partial charge in [-0.2, -0.15) is 0 Å². The third-order valence-corrected chi connectivity index (χ3v) is 2.56. The molecule has 1 unspecified atom stereocenters. The van der Waals surface area contributed by atoms with E-state index in [-0.39, 0.29) is 23.4 Å². The lowest BCUT2D eigenvalue weighted by Gasteiger charge is -2.15. The van der Waals surface area contributed by atoms with E-state index >= 15 is 0 Å². The summed E-state index contributed by atoms with van der Waals surface area (Å²) in [5.41, 5.74) is 0.996. The SMILES string of the molecule is CC(C)C1NC(=O)c2c(F)cccc21. The molecule has 1 N–H and O–H groups in total. The second-order valence-corrected chi connectivity index (χ2v) is 3.90. The first-order valence-electron chi connectivity index (χ1n) is 4.70. The Balaban J connectivity index is 2.55. The van der Waals surface area contributed by atoms with Gasteiger partial charge in [-0.3, -0.25) is 4.79 Å². The standard InChI is InChI=1S/C11H12FNO/c1-6(2)10-7-4-3-5-8(12)9(7)11(14)13-10/h3-6,10H,1-2H3,(H,13,14). The molecule has 0 radical (unpaired) electrons. The molecule has 74 valence electrons. The molecule has 2 rings (SSSR count). The van der Waals surface area contributed by atoms with E-state index < -0.39 is 5.82 Å². The van der Waals surface area contributed by atoms with Gasteiger partial charge in [0, 0.05) is 0 Å². The van der Waals surface area contributed by atoms with Gasteiger partial charge >= 0.3 is 0 Å². The van der Waals surface area contributed by atoms with Gasteiger partial charge in [0.1, 0.15) is 5.82 Å². The van der Waals surface area contributed by atoms with Gasteiger partial charge in [-0.1, -0.05) is 26.0 Å². The third kappa shape index (κ3) is 1.20. The van der Waals surface area contributed by atoms with Crippen molar-refractivity contribution in [1.82, 2.24) is 5.32 Å². The van der Waals surface area contributed by atoms with Gasteiger partial charge in [0.05, 0.1) is 11.6 Å². The average molecular weight is 193 g/mol. The summed E-state index contributed by atoms with van der Waals surface area (Å²) in [6.45, 7) is 4.01. The maximum absolute atomic E-state index is 13.3. The second-order valence-electron chi connectivity index (χ2n) is 3.90. The molecule has 1 aromatic carbocycles. The minimum Gasteiger partial charge on any atom is -0.345 e. The number of benzene rings is 1. The van der Waals surface area contributed by atoms with Crippen molar-refractivity contribution >= 4 is 5.91 Å². The third-order valence-electron chi connectivity index (χ3n) is 2.56. The van der Waals surface area contributed by atoms with E-state index in [1.165, 1.54) is 6.07 Å². The fourth-order valence-corrected chi connectivity index (χ4v) is 1.86. The Kier molecular flexibility index (Phi) is 2.02. The number of halogens is 1. The fraction of sp³-hybridized carbons (Fsp3) is 0.364. The molecular weight excluding hydrogens is 181 g/mol. The van der Waals surface area contributed by atoms with E-state index in [0.717, 1.165) is 5.56 Å². The van der Waals surface area contributed by atoms with Crippen LogP contribution < -0.4 is 5.32 Å². The monoisotopic (exact) mass is 193 g/mol. The molecule has 0 spiro atoms. The van der Waals surface area contributed by atoms with Crippen molar-refractivity contribution in [3.05, 3.63) is 35.1 Å². The predicted molar refractivity (Wildman–Crippen MR) is 51.4 cm³/mol. The van der Waals surface area contributed by atoms with E-state index in [1.807, 2.05) is 13.8 Å². The van der Waals surface area contributed by atoms with Gasteiger partial charge in [0.15, 0.2) is 0 Å². The van der Waals surface area contributed by atoms with Crippen molar-refractivity contribution in [2.24, 2.45) is 5.92 Å². The molecule has 3 heteroatoms. The molecule has 0 saturated carbocycles. The molecule has 0 aliphatic carbocycles. The number of carbonyl (C=O) groups excluding carboxylic acids is 1. The van der Waals surface area contributed by atoms with Crippen LogP contribution in [0.5, 0.6) is 0 Å². The minimum atomic E-state index is -0.428. The first kappa shape index (κ1) is 9.19. The molecule has 1 aliphatic heterocycles. The molecule has 0 aromatic heterocycles. The maximum Gasteiger partial charge on any atom is 0.255 e. The Hall–Kier alpha value is -1.38. The first-order chi connectivity index (χ1) is 6.61. The highest BCUT2D eigenvalue weighted by molar-refractivity contribution is 5.99. The van der Waals surface area contributed by atoms with E-state index in [9.17, 15) is 9.18 Å². The average Bonchev–Trinajstić information content (AvgIpc) is 2.45. The molecule has 2 nitrogen and oxygen atoms in total. The Bertz CT molecular complexity index is 387. The number of nitrogens with one attached hydrogen (secondary N) is 1. The van der Waals surface area contributed by atoms with Crippen molar-refractivity contribution in [1.29, 1.82) is 0 Å². The van der Waals surface area contributed by atoms with Crippen LogP contribution in [0.15, 0.2) is 18.2 Å². The number of amides is 1. The summed E-state index contributed by atoms with van der Waals surface area (Å²) in [5, 5.41) is 2.78. The highest BCUT2D eigenvalue weighted by atomic mass is 19.1. The van der Waals surface area contributed by atoms with Crippen LogP contribution in [-0.2, 0) is 0 Å². The number of hydrogen-bond donors (Lipinski definition) is 1. The summed E-state index contributed by atoms with van der Waals surface area (Å²) in [4.78, 5) is 11.5. The Morgan fingerprint density at radius 3 is 2.79 bits per heavy atom. The molecule has 1 amide bonds. The van der Waals surface area contributed by atoms with Crippen LogP contribution in [0.4, 0.5) is 4.39 Å². The molecule has 1 atom stereocenters. The van der Waals surface area contributed by atoms with Crippen LogP contribution in [-0.4, -0.2) is 5.91 Å². The Labute approximate surface area is 82.1 Å². The topological polar surface area (TPSA) is 29.1 Å². The minimum absolute atomic E-state index is 0.0480. The highest BCUT2D eigenvalue weighted by Crippen LogP contribution is 2.31. The molecule has 1 heterocycles. The summed E-state index contributed by atoms with van der Waals surface area (Å²) < 4.78 is 13.3. The Morgan fingerprint density at radius 1 is 1.43 bits per heavy atom. The molecule has 0 saturated heterocycles. The zero-order valence-electron chi connectivity index (χ0n) is 8.17. The lowest BCUT2D eigenvalue weighted by molar-refractivity contribution is 0.0946. The summed E-state index contributed by atoms with van der Waals surface area (Å²) in [6.07, 6.45) is 0. The van der Waals surface area contributed by atoms with E-state index in [0.29, 0.717) is 0 Å². The van der Waals surface area contributed by atoms with Gasteiger partial charge < -0.3 is 5.32 Å². The predicted octanol–water partition coefficient (Wildman–Crippen LogP) is 2.27. The molecule has 0 fully saturated rings. The van der Waals surface area contributed by atoms with Gasteiger partial charge in [-0.15, -0.1) is 0 Å². The van der Waals surface area contributed by atoms with Crippen molar-refractivity contribution in [2.45, 2.75) is 19.9 Å². The second kappa shape index (κ2) is 3.08. The lowest BCUT2D eigenvalue weighted by Crippen LogP contribution is -2.22. The zero-order valence-corrected chi connectivity index (χ0v) is 8.17. The first-order valence-corrected chi connectivity index (χ1v) is 4.70. The van der Waals surface area contributed by atoms with E-state index in [2.05, 4.69) is 5.32 Å². The van der Waals surface area contributed by atoms with Crippen LogP contribution in [0.1, 0.15) is 35.8 Å². The number of fused-ring (bicyclic) bond motifs is 1. The van der Waals surface area contributed by atoms with Crippen molar-refractivity contribution in [3.63, 3.8) is 0 Å². The smallest absolute Gasteiger partial charge is 0.255 e. The van der Waals surface area contributed by atoms with Crippen LogP contribution in [0.25, 0.3) is 0 Å². The van der Waals surface area contributed by atoms with Gasteiger partial charge in [0.2, 0.25) is 0 Å². The van der Waals surface area contributed by atoms with E-state index in [1.54, 1.807) is 12.1 Å². The fourth-order valence-electron chi connectivity index (χ4n) is 1.86. The van der Waals surface area contributed by atoms with Crippen LogP contribution in [0, 0.1) is 11.7 Å². The Morgan fingerprint density at radius 2 is 2.14 bits per heavy atom. The van der Waals surface area contributed by atoms with Crippen molar-refractivity contribution in [3.8, 4) is 0 Å². The zero-order chi connectivity index (χ0) is 10.3. The maximum atomic E-state index is 13.3.